The van der Waals surface area contributed by atoms with Gasteiger partial charge in [0, 0.05) is 0 Å². The fourth-order valence-electron chi connectivity index (χ4n) is 1.79. The summed E-state index contributed by atoms with van der Waals surface area (Å²) in [5, 5.41) is 0. The van der Waals surface area contributed by atoms with E-state index in [0.29, 0.717) is 19.8 Å². The van der Waals surface area contributed by atoms with E-state index in [-0.39, 0.29) is 54.8 Å². The van der Waals surface area contributed by atoms with Gasteiger partial charge in [-0.3, -0.25) is 4.18 Å². The molecule has 0 unspecified atom stereocenters. The van der Waals surface area contributed by atoms with Crippen LogP contribution in [-0.4, -0.2) is 52.6 Å². The number of rotatable bonds is 11. The quantitative estimate of drug-likeness (QED) is 0.206. The summed E-state index contributed by atoms with van der Waals surface area (Å²) in [4.78, 5) is 0. The molecule has 0 aliphatic heterocycles. The van der Waals surface area contributed by atoms with Gasteiger partial charge in [-0.15, -0.1) is 0 Å². The average molecular weight is 384 g/mol. The monoisotopic (exact) mass is 384 g/mol. The molecule has 0 heterocycles. The van der Waals surface area contributed by atoms with E-state index in [1.165, 1.54) is 5.56 Å². The van der Waals surface area contributed by atoms with Crippen molar-refractivity contribution in [2.75, 3.05) is 39.6 Å². The van der Waals surface area contributed by atoms with Gasteiger partial charge in [0.2, 0.25) is 10.4 Å². The van der Waals surface area contributed by atoms with Crippen LogP contribution in [0.1, 0.15) is 26.3 Å². The van der Waals surface area contributed by atoms with Gasteiger partial charge in [0.1, 0.15) is 12.4 Å². The molecule has 0 radical (unpaired) electrons. The van der Waals surface area contributed by atoms with E-state index in [9.17, 15) is 13.0 Å². The normalized spacial score (nSPS) is 11.8. The van der Waals surface area contributed by atoms with E-state index < -0.39 is 10.4 Å². The molecule has 0 aromatic heterocycles. The van der Waals surface area contributed by atoms with Crippen molar-refractivity contribution >= 4 is 10.4 Å². The molecule has 0 amide bonds. The minimum Gasteiger partial charge on any atom is -0.726 e. The van der Waals surface area contributed by atoms with E-state index in [2.05, 4.69) is 25.0 Å². The van der Waals surface area contributed by atoms with Crippen molar-refractivity contribution < 1.29 is 60.9 Å². The maximum atomic E-state index is 10.2. The predicted octanol–water partition coefficient (Wildman–Crippen LogP) is -1.12. The van der Waals surface area contributed by atoms with E-state index in [1.54, 1.807) is 0 Å². The first-order valence-corrected chi connectivity index (χ1v) is 9.01. The second kappa shape index (κ2) is 12.2. The van der Waals surface area contributed by atoms with Gasteiger partial charge >= 0.3 is 29.6 Å². The Kier molecular flexibility index (Phi) is 12.1. The molecule has 0 saturated carbocycles. The van der Waals surface area contributed by atoms with Gasteiger partial charge in [0.15, 0.2) is 0 Å². The zero-order valence-electron chi connectivity index (χ0n) is 15.3. The third kappa shape index (κ3) is 12.7. The van der Waals surface area contributed by atoms with E-state index in [4.69, 9.17) is 14.2 Å². The van der Waals surface area contributed by atoms with Crippen LogP contribution in [0.15, 0.2) is 24.3 Å². The summed E-state index contributed by atoms with van der Waals surface area (Å²) >= 11 is 0. The molecule has 0 fully saturated rings. The Hall–Kier alpha value is -0.190. The van der Waals surface area contributed by atoms with Crippen molar-refractivity contribution in [3.63, 3.8) is 0 Å². The van der Waals surface area contributed by atoms with Crippen molar-refractivity contribution in [1.82, 2.24) is 0 Å². The number of hydrogen-bond acceptors (Lipinski definition) is 7. The van der Waals surface area contributed by atoms with Crippen LogP contribution in [0.4, 0.5) is 0 Å². The zero-order valence-corrected chi connectivity index (χ0v) is 18.1. The Morgan fingerprint density at radius 2 is 1.36 bits per heavy atom. The first-order valence-electron chi connectivity index (χ1n) is 7.67. The maximum Gasteiger partial charge on any atom is 1.00 e. The average Bonchev–Trinajstić information content (AvgIpc) is 2.47. The largest absolute Gasteiger partial charge is 1.00 e. The third-order valence-corrected chi connectivity index (χ3v) is 3.50. The fraction of sp³-hybridized carbons (Fsp3) is 0.625. The number of ether oxygens (including phenoxy) is 3. The molecule has 0 N–H and O–H groups in total. The molecule has 0 spiro atoms. The summed E-state index contributed by atoms with van der Waals surface area (Å²) in [7, 11) is -4.64. The molecule has 25 heavy (non-hydrogen) atoms. The van der Waals surface area contributed by atoms with Crippen molar-refractivity contribution in [3.8, 4) is 5.75 Å². The second-order valence-corrected chi connectivity index (χ2v) is 7.13. The SMILES string of the molecule is CC(C)(C)c1ccc(OCCOCCOCCOS(=O)(=O)[O-])cc1.[Na+]. The Bertz CT molecular complexity index is 567. The molecule has 1 rings (SSSR count). The van der Waals surface area contributed by atoms with Crippen LogP contribution in [0.3, 0.4) is 0 Å². The van der Waals surface area contributed by atoms with Crippen LogP contribution >= 0.6 is 0 Å². The van der Waals surface area contributed by atoms with Crippen LogP contribution in [0.5, 0.6) is 5.75 Å². The Morgan fingerprint density at radius 1 is 0.880 bits per heavy atom. The molecule has 0 saturated heterocycles. The summed E-state index contributed by atoms with van der Waals surface area (Å²) < 4.78 is 50.4. The molecular weight excluding hydrogens is 359 g/mol. The molecule has 7 nitrogen and oxygen atoms in total. The van der Waals surface area contributed by atoms with Crippen molar-refractivity contribution in [2.24, 2.45) is 0 Å². The van der Waals surface area contributed by atoms with Gasteiger partial charge in [-0.05, 0) is 23.1 Å². The van der Waals surface area contributed by atoms with Crippen LogP contribution in [0, 0.1) is 0 Å². The van der Waals surface area contributed by atoms with Crippen molar-refractivity contribution in [2.45, 2.75) is 26.2 Å². The topological polar surface area (TPSA) is 94.1 Å². The van der Waals surface area contributed by atoms with E-state index in [0.717, 1.165) is 5.75 Å². The summed E-state index contributed by atoms with van der Waals surface area (Å²) in [6.07, 6.45) is 0. The molecular formula is C16H25NaO7S. The summed E-state index contributed by atoms with van der Waals surface area (Å²) in [6, 6.07) is 7.98. The number of hydrogen-bond donors (Lipinski definition) is 0. The first-order chi connectivity index (χ1) is 11.2. The Labute approximate surface area is 172 Å². The second-order valence-electron chi connectivity index (χ2n) is 6.08. The van der Waals surface area contributed by atoms with Gasteiger partial charge in [-0.25, -0.2) is 8.42 Å². The van der Waals surface area contributed by atoms with Crippen LogP contribution in [-0.2, 0) is 29.5 Å². The van der Waals surface area contributed by atoms with Crippen LogP contribution < -0.4 is 34.3 Å². The van der Waals surface area contributed by atoms with Gasteiger partial charge < -0.3 is 18.8 Å². The molecule has 0 atom stereocenters. The molecule has 9 heteroatoms. The van der Waals surface area contributed by atoms with Gasteiger partial charge in [0.25, 0.3) is 0 Å². The van der Waals surface area contributed by atoms with E-state index in [1.807, 2.05) is 24.3 Å². The standard InChI is InChI=1S/C16H26O7S.Na/c1-16(2,3)14-4-6-15(7-5-14)22-12-10-20-8-9-21-11-13-23-24(17,18)19;/h4-7H,8-13H2,1-3H3,(H,17,18,19);/q;+1/p-1. The molecule has 1 aromatic carbocycles. The van der Waals surface area contributed by atoms with Crippen LogP contribution in [0.25, 0.3) is 0 Å². The number of benzene rings is 1. The summed E-state index contributed by atoms with van der Waals surface area (Å²) in [6.45, 7) is 7.65. The molecule has 0 aliphatic carbocycles. The van der Waals surface area contributed by atoms with Crippen molar-refractivity contribution in [3.05, 3.63) is 29.8 Å². The molecule has 138 valence electrons. The van der Waals surface area contributed by atoms with E-state index >= 15 is 0 Å². The maximum absolute atomic E-state index is 10.2. The predicted molar refractivity (Wildman–Crippen MR) is 87.9 cm³/mol. The summed E-state index contributed by atoms with van der Waals surface area (Å²) in [5.41, 5.74) is 1.36. The minimum absolute atomic E-state index is 0. The van der Waals surface area contributed by atoms with Gasteiger partial charge in [0.05, 0.1) is 33.0 Å². The minimum atomic E-state index is -4.64. The van der Waals surface area contributed by atoms with Gasteiger partial charge in [-0.2, -0.15) is 0 Å². The zero-order chi connectivity index (χ0) is 18.1. The summed E-state index contributed by atoms with van der Waals surface area (Å²) in [5.74, 6) is 0.791. The van der Waals surface area contributed by atoms with Crippen LogP contribution in [0.2, 0.25) is 0 Å². The fourth-order valence-corrected chi connectivity index (χ4v) is 2.06. The smallest absolute Gasteiger partial charge is 0.726 e. The Morgan fingerprint density at radius 3 is 1.84 bits per heavy atom. The third-order valence-electron chi connectivity index (χ3n) is 3.04. The Balaban J connectivity index is 0.00000576. The first kappa shape index (κ1) is 24.8. The van der Waals surface area contributed by atoms with Crippen molar-refractivity contribution in [1.29, 1.82) is 0 Å². The van der Waals surface area contributed by atoms with Gasteiger partial charge in [-0.1, -0.05) is 32.9 Å². The molecule has 0 aliphatic rings. The molecule has 0 bridgehead atoms. The molecule has 1 aromatic rings.